The quantitative estimate of drug-likeness (QED) is 0.506. The van der Waals surface area contributed by atoms with Crippen LogP contribution in [0.3, 0.4) is 0 Å². The molecule has 0 spiro atoms. The minimum atomic E-state index is -0.810. The van der Waals surface area contributed by atoms with Gasteiger partial charge in [-0.25, -0.2) is 0 Å². The Morgan fingerprint density at radius 1 is 1.60 bits per heavy atom. The smallest absolute Gasteiger partial charge is 0.190 e. The average Bonchev–Trinajstić information content (AvgIpc) is 1.85. The Labute approximate surface area is 70.0 Å². The van der Waals surface area contributed by atoms with E-state index in [4.69, 9.17) is 0 Å². The Balaban J connectivity index is 3.21. The van der Waals surface area contributed by atoms with Crippen LogP contribution < -0.4 is 0 Å². The molecule has 0 saturated carbocycles. The first-order valence-electron chi connectivity index (χ1n) is 3.23. The second kappa shape index (κ2) is 6.07. The van der Waals surface area contributed by atoms with Gasteiger partial charge in [0.1, 0.15) is 11.5 Å². The van der Waals surface area contributed by atoms with Crippen LogP contribution >= 0.6 is 12.6 Å². The highest BCUT2D eigenvalue weighted by Gasteiger charge is 2.05. The van der Waals surface area contributed by atoms with E-state index in [0.717, 1.165) is 6.42 Å². The molecule has 0 saturated heterocycles. The van der Waals surface area contributed by atoms with E-state index in [1.807, 2.05) is 6.92 Å². The van der Waals surface area contributed by atoms with Crippen molar-refractivity contribution in [2.24, 2.45) is 0 Å². The van der Waals surface area contributed by atoms with Gasteiger partial charge < -0.3 is 4.55 Å². The van der Waals surface area contributed by atoms with Gasteiger partial charge in [-0.2, -0.15) is 0 Å². The molecular weight excluding hydrogens is 168 g/mol. The molecule has 0 radical (unpaired) electrons. The van der Waals surface area contributed by atoms with E-state index in [1.165, 1.54) is 0 Å². The number of thiol groups is 1. The second-order valence-electron chi connectivity index (χ2n) is 1.99. The summed E-state index contributed by atoms with van der Waals surface area (Å²) in [5.74, 6) is 1.16. The molecule has 0 heterocycles. The van der Waals surface area contributed by atoms with Crippen molar-refractivity contribution in [2.75, 3.05) is 11.5 Å². The molecule has 0 aromatic heterocycles. The standard InChI is InChI=1S/C6H12O2S2/c1-2-4-10(8)5-3-6(7)9/h2-5H2,1H3,(H,7,9). The Kier molecular flexibility index (Phi) is 6.27. The van der Waals surface area contributed by atoms with Crippen LogP contribution in [0.2, 0.25) is 0 Å². The van der Waals surface area contributed by atoms with E-state index < -0.39 is 11.2 Å². The molecule has 10 heavy (non-hydrogen) atoms. The summed E-state index contributed by atoms with van der Waals surface area (Å²) in [5.41, 5.74) is 0. The summed E-state index contributed by atoms with van der Waals surface area (Å²) in [4.78, 5) is 10.3. The summed E-state index contributed by atoms with van der Waals surface area (Å²) in [6.07, 6.45) is 1.24. The predicted molar refractivity (Wildman–Crippen MR) is 46.8 cm³/mol. The fourth-order valence-electron chi connectivity index (χ4n) is 0.531. The van der Waals surface area contributed by atoms with E-state index >= 15 is 0 Å². The Hall–Kier alpha value is 0.330. The largest absolute Gasteiger partial charge is 0.616 e. The van der Waals surface area contributed by atoms with Crippen molar-refractivity contribution in [3.8, 4) is 0 Å². The predicted octanol–water partition coefficient (Wildman–Crippen LogP) is 0.992. The normalized spacial score (nSPS) is 13.1. The van der Waals surface area contributed by atoms with E-state index in [-0.39, 0.29) is 5.12 Å². The van der Waals surface area contributed by atoms with Gasteiger partial charge in [0.05, 0.1) is 6.42 Å². The lowest BCUT2D eigenvalue weighted by molar-refractivity contribution is -0.110. The number of hydrogen-bond acceptors (Lipinski definition) is 2. The molecule has 1 unspecified atom stereocenters. The molecule has 2 nitrogen and oxygen atoms in total. The molecule has 0 aliphatic carbocycles. The van der Waals surface area contributed by atoms with Crippen molar-refractivity contribution in [2.45, 2.75) is 19.8 Å². The van der Waals surface area contributed by atoms with Crippen molar-refractivity contribution in [3.05, 3.63) is 0 Å². The number of carbonyl (C=O) groups is 1. The van der Waals surface area contributed by atoms with Crippen molar-refractivity contribution in [3.63, 3.8) is 0 Å². The summed E-state index contributed by atoms with van der Waals surface area (Å²) < 4.78 is 10.9. The molecule has 1 atom stereocenters. The molecule has 0 rings (SSSR count). The van der Waals surface area contributed by atoms with Crippen molar-refractivity contribution in [1.29, 1.82) is 0 Å². The molecule has 0 aromatic rings. The SMILES string of the molecule is CCC[S+]([O-])CCC(=O)S. The fraction of sp³-hybridized carbons (Fsp3) is 0.833. The minimum Gasteiger partial charge on any atom is -0.616 e. The Morgan fingerprint density at radius 2 is 2.20 bits per heavy atom. The summed E-state index contributed by atoms with van der Waals surface area (Å²) in [7, 11) is 0. The summed E-state index contributed by atoms with van der Waals surface area (Å²) in [6, 6.07) is 0. The third-order valence-electron chi connectivity index (χ3n) is 0.975. The highest BCUT2D eigenvalue weighted by Crippen LogP contribution is 1.98. The third kappa shape index (κ3) is 6.45. The Morgan fingerprint density at radius 3 is 2.60 bits per heavy atom. The van der Waals surface area contributed by atoms with Gasteiger partial charge in [0.2, 0.25) is 0 Å². The third-order valence-corrected chi connectivity index (χ3v) is 2.72. The molecule has 0 amide bonds. The number of rotatable bonds is 5. The van der Waals surface area contributed by atoms with Crippen LogP contribution in [0.1, 0.15) is 19.8 Å². The van der Waals surface area contributed by atoms with Crippen LogP contribution in [0.4, 0.5) is 0 Å². The van der Waals surface area contributed by atoms with E-state index in [9.17, 15) is 9.35 Å². The number of carbonyl (C=O) groups excluding carboxylic acids is 1. The Bertz CT molecular complexity index is 106. The lowest BCUT2D eigenvalue weighted by Crippen LogP contribution is -2.12. The molecule has 4 heteroatoms. The van der Waals surface area contributed by atoms with Gasteiger partial charge in [0, 0.05) is 0 Å². The second-order valence-corrected chi connectivity index (χ2v) is 4.19. The van der Waals surface area contributed by atoms with Crippen LogP contribution in [0, 0.1) is 0 Å². The van der Waals surface area contributed by atoms with Gasteiger partial charge in [-0.3, -0.25) is 4.79 Å². The summed E-state index contributed by atoms with van der Waals surface area (Å²) >= 11 is 2.76. The zero-order chi connectivity index (χ0) is 7.98. The zero-order valence-corrected chi connectivity index (χ0v) is 7.71. The lowest BCUT2D eigenvalue weighted by Gasteiger charge is -2.07. The minimum absolute atomic E-state index is 0.176. The molecule has 0 aromatic carbocycles. The van der Waals surface area contributed by atoms with E-state index in [0.29, 0.717) is 17.9 Å². The fourth-order valence-corrected chi connectivity index (χ4v) is 1.87. The summed E-state index contributed by atoms with van der Waals surface area (Å²) in [5, 5.41) is -0.176. The first kappa shape index (κ1) is 10.3. The molecule has 0 bridgehead atoms. The first-order valence-corrected chi connectivity index (χ1v) is 5.17. The molecule has 0 aliphatic rings. The van der Waals surface area contributed by atoms with Crippen LogP contribution in [-0.2, 0) is 16.0 Å². The van der Waals surface area contributed by atoms with Gasteiger partial charge in [-0.05, 0) is 6.42 Å². The molecule has 60 valence electrons. The first-order chi connectivity index (χ1) is 4.66. The van der Waals surface area contributed by atoms with Crippen LogP contribution in [0.15, 0.2) is 0 Å². The molecule has 0 aliphatic heterocycles. The maximum Gasteiger partial charge on any atom is 0.190 e. The zero-order valence-electron chi connectivity index (χ0n) is 6.00. The maximum atomic E-state index is 10.9. The topological polar surface area (TPSA) is 40.1 Å². The monoisotopic (exact) mass is 180 g/mol. The molecule has 0 N–H and O–H groups in total. The van der Waals surface area contributed by atoms with Gasteiger partial charge in [0.25, 0.3) is 0 Å². The average molecular weight is 180 g/mol. The van der Waals surface area contributed by atoms with Gasteiger partial charge in [0.15, 0.2) is 5.12 Å². The molecular formula is C6H12O2S2. The van der Waals surface area contributed by atoms with Crippen molar-refractivity contribution >= 4 is 28.9 Å². The highest BCUT2D eigenvalue weighted by atomic mass is 32.2. The van der Waals surface area contributed by atoms with Crippen molar-refractivity contribution in [1.82, 2.24) is 0 Å². The van der Waals surface area contributed by atoms with E-state index in [1.54, 1.807) is 0 Å². The maximum absolute atomic E-state index is 10.9. The molecule has 0 fully saturated rings. The lowest BCUT2D eigenvalue weighted by atomic mass is 10.5. The van der Waals surface area contributed by atoms with Crippen molar-refractivity contribution < 1.29 is 9.35 Å². The van der Waals surface area contributed by atoms with Gasteiger partial charge in [-0.1, -0.05) is 18.1 Å². The highest BCUT2D eigenvalue weighted by molar-refractivity contribution is 7.96. The van der Waals surface area contributed by atoms with Crippen LogP contribution in [-0.4, -0.2) is 21.2 Å². The summed E-state index contributed by atoms with van der Waals surface area (Å²) in [6.45, 7) is 1.97. The van der Waals surface area contributed by atoms with E-state index in [2.05, 4.69) is 12.6 Å². The van der Waals surface area contributed by atoms with Crippen LogP contribution in [0.5, 0.6) is 0 Å². The van der Waals surface area contributed by atoms with Gasteiger partial charge >= 0.3 is 0 Å². The van der Waals surface area contributed by atoms with Crippen LogP contribution in [0.25, 0.3) is 0 Å². The van der Waals surface area contributed by atoms with Gasteiger partial charge in [-0.15, -0.1) is 12.6 Å². The number of hydrogen-bond donors (Lipinski definition) is 1.